The molecule has 0 aliphatic rings. The number of rotatable bonds is 7. The molecule has 92 valence electrons. The van der Waals surface area contributed by atoms with Crippen LogP contribution >= 0.6 is 0 Å². The SMILES string of the molecule is COCCC(NCc1nccn1C)C(C)C. The van der Waals surface area contributed by atoms with Crippen molar-refractivity contribution in [2.75, 3.05) is 13.7 Å². The third-order valence-electron chi connectivity index (χ3n) is 2.88. The first-order valence-corrected chi connectivity index (χ1v) is 5.83. The van der Waals surface area contributed by atoms with Crippen LogP contribution in [-0.2, 0) is 18.3 Å². The third-order valence-corrected chi connectivity index (χ3v) is 2.88. The Hall–Kier alpha value is -0.870. The molecule has 1 atom stereocenters. The lowest BCUT2D eigenvalue weighted by Gasteiger charge is -2.22. The molecule has 1 aromatic heterocycles. The molecule has 0 amide bonds. The van der Waals surface area contributed by atoms with E-state index in [1.807, 2.05) is 24.0 Å². The Labute approximate surface area is 98.0 Å². The van der Waals surface area contributed by atoms with Crippen LogP contribution in [0.3, 0.4) is 0 Å². The molecule has 1 aromatic rings. The molecule has 0 bridgehead atoms. The standard InChI is InChI=1S/C12H23N3O/c1-10(2)11(5-8-16-4)14-9-12-13-6-7-15(12)3/h6-7,10-11,14H,5,8-9H2,1-4H3. The number of aryl methyl sites for hydroxylation is 1. The van der Waals surface area contributed by atoms with E-state index in [1.165, 1.54) is 0 Å². The van der Waals surface area contributed by atoms with E-state index in [1.54, 1.807) is 7.11 Å². The first-order valence-electron chi connectivity index (χ1n) is 5.83. The summed E-state index contributed by atoms with van der Waals surface area (Å²) in [6.45, 7) is 6.07. The zero-order chi connectivity index (χ0) is 12.0. The minimum absolute atomic E-state index is 0.483. The largest absolute Gasteiger partial charge is 0.385 e. The first kappa shape index (κ1) is 13.2. The van der Waals surface area contributed by atoms with E-state index in [0.29, 0.717) is 12.0 Å². The highest BCUT2D eigenvalue weighted by molar-refractivity contribution is 4.91. The van der Waals surface area contributed by atoms with Crippen molar-refractivity contribution in [3.63, 3.8) is 0 Å². The number of aromatic nitrogens is 2. The number of hydrogen-bond acceptors (Lipinski definition) is 3. The molecule has 0 saturated heterocycles. The molecule has 0 aliphatic heterocycles. The molecule has 0 saturated carbocycles. The quantitative estimate of drug-likeness (QED) is 0.765. The van der Waals surface area contributed by atoms with Gasteiger partial charge in [-0.05, 0) is 12.3 Å². The van der Waals surface area contributed by atoms with Gasteiger partial charge in [0.05, 0.1) is 6.54 Å². The summed E-state index contributed by atoms with van der Waals surface area (Å²) in [7, 11) is 3.76. The van der Waals surface area contributed by atoms with Crippen LogP contribution in [0, 0.1) is 5.92 Å². The molecule has 4 nitrogen and oxygen atoms in total. The maximum absolute atomic E-state index is 5.12. The van der Waals surface area contributed by atoms with Crippen molar-refractivity contribution in [3.05, 3.63) is 18.2 Å². The number of ether oxygens (including phenoxy) is 1. The summed E-state index contributed by atoms with van der Waals surface area (Å²) >= 11 is 0. The van der Waals surface area contributed by atoms with Crippen molar-refractivity contribution in [1.29, 1.82) is 0 Å². The molecule has 1 N–H and O–H groups in total. The van der Waals surface area contributed by atoms with Crippen LogP contribution in [0.1, 0.15) is 26.1 Å². The van der Waals surface area contributed by atoms with Crippen molar-refractivity contribution in [2.24, 2.45) is 13.0 Å². The molecule has 4 heteroatoms. The van der Waals surface area contributed by atoms with E-state index < -0.39 is 0 Å². The van der Waals surface area contributed by atoms with Crippen LogP contribution in [0.2, 0.25) is 0 Å². The maximum atomic E-state index is 5.12. The molecule has 1 unspecified atom stereocenters. The van der Waals surface area contributed by atoms with Gasteiger partial charge < -0.3 is 14.6 Å². The van der Waals surface area contributed by atoms with Gasteiger partial charge in [0.1, 0.15) is 5.82 Å². The molecule has 0 aromatic carbocycles. The normalized spacial score (nSPS) is 13.3. The van der Waals surface area contributed by atoms with E-state index >= 15 is 0 Å². The fourth-order valence-corrected chi connectivity index (χ4v) is 1.71. The number of nitrogens with one attached hydrogen (secondary N) is 1. The molecule has 1 rings (SSSR count). The summed E-state index contributed by atoms with van der Waals surface area (Å²) in [6.07, 6.45) is 4.84. The van der Waals surface area contributed by atoms with Crippen LogP contribution in [0.4, 0.5) is 0 Å². The van der Waals surface area contributed by atoms with Gasteiger partial charge in [-0.25, -0.2) is 4.98 Å². The molecule has 16 heavy (non-hydrogen) atoms. The van der Waals surface area contributed by atoms with Crippen LogP contribution in [0.25, 0.3) is 0 Å². The van der Waals surface area contributed by atoms with Crippen molar-refractivity contribution >= 4 is 0 Å². The Bertz CT molecular complexity index is 296. The Balaban J connectivity index is 2.40. The van der Waals surface area contributed by atoms with Gasteiger partial charge in [-0.2, -0.15) is 0 Å². The van der Waals surface area contributed by atoms with Crippen LogP contribution < -0.4 is 5.32 Å². The molecule has 0 aliphatic carbocycles. The van der Waals surface area contributed by atoms with Crippen LogP contribution in [-0.4, -0.2) is 29.3 Å². The number of methoxy groups -OCH3 is 1. The zero-order valence-corrected chi connectivity index (χ0v) is 10.7. The molecule has 0 radical (unpaired) electrons. The smallest absolute Gasteiger partial charge is 0.122 e. The van der Waals surface area contributed by atoms with Crippen molar-refractivity contribution < 1.29 is 4.74 Å². The van der Waals surface area contributed by atoms with E-state index in [4.69, 9.17) is 4.74 Å². The fraction of sp³-hybridized carbons (Fsp3) is 0.750. The van der Waals surface area contributed by atoms with Gasteiger partial charge in [0, 0.05) is 39.2 Å². The predicted octanol–water partition coefficient (Wildman–Crippen LogP) is 1.57. The van der Waals surface area contributed by atoms with Crippen LogP contribution in [0.15, 0.2) is 12.4 Å². The summed E-state index contributed by atoms with van der Waals surface area (Å²) in [4.78, 5) is 4.30. The Kier molecular flexibility index (Phi) is 5.49. The average molecular weight is 225 g/mol. The van der Waals surface area contributed by atoms with Gasteiger partial charge in [-0.3, -0.25) is 0 Å². The summed E-state index contributed by atoms with van der Waals surface area (Å²) in [5.74, 6) is 1.68. The number of hydrogen-bond donors (Lipinski definition) is 1. The lowest BCUT2D eigenvalue weighted by Crippen LogP contribution is -2.35. The Morgan fingerprint density at radius 2 is 2.25 bits per heavy atom. The number of imidazole rings is 1. The highest BCUT2D eigenvalue weighted by atomic mass is 16.5. The van der Waals surface area contributed by atoms with Crippen molar-refractivity contribution in [2.45, 2.75) is 32.9 Å². The summed E-state index contributed by atoms with van der Waals surface area (Å²) in [6, 6.07) is 0.483. The van der Waals surface area contributed by atoms with Crippen LogP contribution in [0.5, 0.6) is 0 Å². The van der Waals surface area contributed by atoms with Gasteiger partial charge in [0.25, 0.3) is 0 Å². The highest BCUT2D eigenvalue weighted by Crippen LogP contribution is 2.07. The topological polar surface area (TPSA) is 39.1 Å². The molecular formula is C12H23N3O. The van der Waals surface area contributed by atoms with E-state index in [9.17, 15) is 0 Å². The minimum Gasteiger partial charge on any atom is -0.385 e. The monoisotopic (exact) mass is 225 g/mol. The second kappa shape index (κ2) is 6.66. The van der Waals surface area contributed by atoms with Gasteiger partial charge >= 0.3 is 0 Å². The summed E-state index contributed by atoms with van der Waals surface area (Å²) in [5, 5.41) is 3.53. The van der Waals surface area contributed by atoms with Crippen molar-refractivity contribution in [1.82, 2.24) is 14.9 Å². The van der Waals surface area contributed by atoms with Gasteiger partial charge in [-0.1, -0.05) is 13.8 Å². The molecule has 0 fully saturated rings. The predicted molar refractivity (Wildman–Crippen MR) is 65.2 cm³/mol. The van der Waals surface area contributed by atoms with Gasteiger partial charge in [-0.15, -0.1) is 0 Å². The van der Waals surface area contributed by atoms with Gasteiger partial charge in [0.15, 0.2) is 0 Å². The summed E-state index contributed by atoms with van der Waals surface area (Å²) in [5.41, 5.74) is 0. The van der Waals surface area contributed by atoms with Crippen molar-refractivity contribution in [3.8, 4) is 0 Å². The second-order valence-electron chi connectivity index (χ2n) is 4.47. The van der Waals surface area contributed by atoms with E-state index in [2.05, 4.69) is 24.1 Å². The second-order valence-corrected chi connectivity index (χ2v) is 4.47. The third kappa shape index (κ3) is 3.94. The Morgan fingerprint density at radius 1 is 1.50 bits per heavy atom. The average Bonchev–Trinajstić information content (AvgIpc) is 2.64. The van der Waals surface area contributed by atoms with Gasteiger partial charge in [0.2, 0.25) is 0 Å². The first-order chi connectivity index (χ1) is 7.65. The molecule has 1 heterocycles. The number of nitrogens with zero attached hydrogens (tertiary/aromatic N) is 2. The zero-order valence-electron chi connectivity index (χ0n) is 10.7. The molecular weight excluding hydrogens is 202 g/mol. The highest BCUT2D eigenvalue weighted by Gasteiger charge is 2.13. The lowest BCUT2D eigenvalue weighted by atomic mass is 10.0. The van der Waals surface area contributed by atoms with E-state index in [0.717, 1.165) is 25.4 Å². The lowest BCUT2D eigenvalue weighted by molar-refractivity contribution is 0.173. The Morgan fingerprint density at radius 3 is 2.75 bits per heavy atom. The minimum atomic E-state index is 0.483. The fourth-order valence-electron chi connectivity index (χ4n) is 1.71. The molecule has 0 spiro atoms. The summed E-state index contributed by atoms with van der Waals surface area (Å²) < 4.78 is 7.16. The van der Waals surface area contributed by atoms with E-state index in [-0.39, 0.29) is 0 Å². The maximum Gasteiger partial charge on any atom is 0.122 e.